The number of hydrogen-bond acceptors (Lipinski definition) is 8. The SMILES string of the molecule is CC(=O)OCCOc1ccc(C(=O)N2CC(=O)N(Cc3nnc(C)o3)Cc3ccccc32)cc1. The van der Waals surface area contributed by atoms with Crippen molar-refractivity contribution >= 4 is 23.5 Å². The van der Waals surface area contributed by atoms with Crippen molar-refractivity contribution in [2.45, 2.75) is 26.9 Å². The van der Waals surface area contributed by atoms with Gasteiger partial charge in [0.25, 0.3) is 5.91 Å². The van der Waals surface area contributed by atoms with E-state index in [1.807, 2.05) is 24.3 Å². The summed E-state index contributed by atoms with van der Waals surface area (Å²) >= 11 is 0. The zero-order valence-electron chi connectivity index (χ0n) is 18.9. The summed E-state index contributed by atoms with van der Waals surface area (Å²) in [5.41, 5.74) is 1.92. The molecular weight excluding hydrogens is 440 g/mol. The average molecular weight is 464 g/mol. The largest absolute Gasteiger partial charge is 0.490 e. The number of rotatable bonds is 7. The summed E-state index contributed by atoms with van der Waals surface area (Å²) in [6, 6.07) is 14.0. The first-order valence-corrected chi connectivity index (χ1v) is 10.7. The molecule has 1 aliphatic heterocycles. The molecule has 0 saturated carbocycles. The van der Waals surface area contributed by atoms with Crippen LogP contribution in [0.5, 0.6) is 5.75 Å². The normalized spacial score (nSPS) is 13.3. The average Bonchev–Trinajstić information content (AvgIpc) is 3.18. The summed E-state index contributed by atoms with van der Waals surface area (Å²) in [6.45, 7) is 3.72. The molecule has 0 atom stereocenters. The number of aryl methyl sites for hydroxylation is 1. The maximum atomic E-state index is 13.4. The number of amides is 2. The molecule has 2 heterocycles. The molecule has 0 radical (unpaired) electrons. The number of carbonyl (C=O) groups excluding carboxylic acids is 3. The van der Waals surface area contributed by atoms with E-state index in [1.165, 1.54) is 11.8 Å². The molecule has 0 bridgehead atoms. The van der Waals surface area contributed by atoms with Gasteiger partial charge in [0.1, 0.15) is 25.5 Å². The minimum Gasteiger partial charge on any atom is -0.490 e. The Morgan fingerprint density at radius 3 is 2.50 bits per heavy atom. The summed E-state index contributed by atoms with van der Waals surface area (Å²) in [4.78, 5) is 40.4. The first-order chi connectivity index (χ1) is 16.4. The van der Waals surface area contributed by atoms with Crippen molar-refractivity contribution in [3.8, 4) is 5.75 Å². The number of nitrogens with zero attached hydrogens (tertiary/aromatic N) is 4. The molecule has 4 rings (SSSR count). The Labute approximate surface area is 196 Å². The van der Waals surface area contributed by atoms with Gasteiger partial charge in [-0.15, -0.1) is 10.2 Å². The number of anilines is 1. The molecule has 0 spiro atoms. The van der Waals surface area contributed by atoms with Crippen molar-refractivity contribution in [3.63, 3.8) is 0 Å². The quantitative estimate of drug-likeness (QED) is 0.387. The van der Waals surface area contributed by atoms with Crippen LogP contribution in [0.15, 0.2) is 52.9 Å². The molecule has 2 amide bonds. The molecule has 10 nitrogen and oxygen atoms in total. The zero-order valence-corrected chi connectivity index (χ0v) is 18.9. The van der Waals surface area contributed by atoms with Gasteiger partial charge in [-0.05, 0) is 35.9 Å². The second kappa shape index (κ2) is 10.2. The highest BCUT2D eigenvalue weighted by atomic mass is 16.6. The highest BCUT2D eigenvalue weighted by molar-refractivity contribution is 6.09. The van der Waals surface area contributed by atoms with Crippen LogP contribution in [0.25, 0.3) is 0 Å². The molecule has 2 aromatic carbocycles. The number of ether oxygens (including phenoxy) is 2. The Hall–Kier alpha value is -4.21. The summed E-state index contributed by atoms with van der Waals surface area (Å²) in [5, 5.41) is 7.79. The third kappa shape index (κ3) is 5.40. The third-order valence-electron chi connectivity index (χ3n) is 5.19. The van der Waals surface area contributed by atoms with E-state index in [4.69, 9.17) is 13.9 Å². The lowest BCUT2D eigenvalue weighted by Gasteiger charge is -2.22. The molecular formula is C24H24N4O6. The first-order valence-electron chi connectivity index (χ1n) is 10.7. The van der Waals surface area contributed by atoms with Crippen molar-refractivity contribution in [2.24, 2.45) is 0 Å². The number of carbonyl (C=O) groups is 3. The van der Waals surface area contributed by atoms with E-state index in [0.29, 0.717) is 35.3 Å². The second-order valence-electron chi connectivity index (χ2n) is 7.70. The van der Waals surface area contributed by atoms with Gasteiger partial charge in [-0.3, -0.25) is 19.3 Å². The van der Waals surface area contributed by atoms with E-state index in [2.05, 4.69) is 10.2 Å². The smallest absolute Gasteiger partial charge is 0.302 e. The molecule has 0 N–H and O–H groups in total. The van der Waals surface area contributed by atoms with Crippen molar-refractivity contribution in [1.29, 1.82) is 0 Å². The predicted octanol–water partition coefficient (Wildman–Crippen LogP) is 2.51. The van der Waals surface area contributed by atoms with E-state index in [1.54, 1.807) is 36.1 Å². The van der Waals surface area contributed by atoms with Gasteiger partial charge in [-0.2, -0.15) is 0 Å². The summed E-state index contributed by atoms with van der Waals surface area (Å²) in [7, 11) is 0. The number of fused-ring (bicyclic) bond motifs is 1. The number of esters is 1. The number of aromatic nitrogens is 2. The zero-order chi connectivity index (χ0) is 24.1. The molecule has 0 unspecified atom stereocenters. The summed E-state index contributed by atoms with van der Waals surface area (Å²) in [5.74, 6) is 0.397. The van der Waals surface area contributed by atoms with Gasteiger partial charge in [0.15, 0.2) is 0 Å². The Kier molecular flexibility index (Phi) is 6.86. The fourth-order valence-corrected chi connectivity index (χ4v) is 3.61. The van der Waals surface area contributed by atoms with Crippen LogP contribution in [0.2, 0.25) is 0 Å². The first kappa shape index (κ1) is 23.0. The highest BCUT2D eigenvalue weighted by Crippen LogP contribution is 2.28. The lowest BCUT2D eigenvalue weighted by atomic mass is 10.1. The van der Waals surface area contributed by atoms with Crippen molar-refractivity contribution in [2.75, 3.05) is 24.7 Å². The van der Waals surface area contributed by atoms with E-state index in [9.17, 15) is 14.4 Å². The molecule has 10 heteroatoms. The summed E-state index contributed by atoms with van der Waals surface area (Å²) < 4.78 is 15.8. The van der Waals surface area contributed by atoms with Crippen molar-refractivity contribution < 1.29 is 28.3 Å². The van der Waals surface area contributed by atoms with Gasteiger partial charge in [-0.25, -0.2) is 0 Å². The third-order valence-corrected chi connectivity index (χ3v) is 5.19. The molecule has 3 aromatic rings. The fraction of sp³-hybridized carbons (Fsp3) is 0.292. The Morgan fingerprint density at radius 1 is 1.03 bits per heavy atom. The van der Waals surface area contributed by atoms with Crippen LogP contribution >= 0.6 is 0 Å². The molecule has 1 aromatic heterocycles. The van der Waals surface area contributed by atoms with Gasteiger partial charge in [0.05, 0.1) is 6.54 Å². The van der Waals surface area contributed by atoms with E-state index in [-0.39, 0.29) is 44.1 Å². The van der Waals surface area contributed by atoms with Crippen LogP contribution in [0.1, 0.15) is 34.6 Å². The summed E-state index contributed by atoms with van der Waals surface area (Å²) in [6.07, 6.45) is 0. The Morgan fingerprint density at radius 2 is 1.79 bits per heavy atom. The van der Waals surface area contributed by atoms with Gasteiger partial charge >= 0.3 is 5.97 Å². The number of benzene rings is 2. The van der Waals surface area contributed by atoms with Gasteiger partial charge < -0.3 is 18.8 Å². The lowest BCUT2D eigenvalue weighted by Crippen LogP contribution is -2.40. The van der Waals surface area contributed by atoms with Crippen LogP contribution in [0.3, 0.4) is 0 Å². The van der Waals surface area contributed by atoms with E-state index < -0.39 is 0 Å². The van der Waals surface area contributed by atoms with Gasteiger partial charge in [-0.1, -0.05) is 18.2 Å². The van der Waals surface area contributed by atoms with Crippen molar-refractivity contribution in [1.82, 2.24) is 15.1 Å². The number of hydrogen-bond donors (Lipinski definition) is 0. The molecule has 176 valence electrons. The van der Waals surface area contributed by atoms with Crippen LogP contribution in [-0.2, 0) is 27.4 Å². The second-order valence-corrected chi connectivity index (χ2v) is 7.70. The molecule has 0 aliphatic carbocycles. The van der Waals surface area contributed by atoms with E-state index >= 15 is 0 Å². The van der Waals surface area contributed by atoms with Crippen molar-refractivity contribution in [3.05, 3.63) is 71.4 Å². The molecule has 0 fully saturated rings. The van der Waals surface area contributed by atoms with Crippen LogP contribution in [0, 0.1) is 6.92 Å². The van der Waals surface area contributed by atoms with Crippen LogP contribution in [-0.4, -0.2) is 52.6 Å². The number of para-hydroxylation sites is 1. The molecule has 34 heavy (non-hydrogen) atoms. The Balaban J connectivity index is 1.50. The maximum absolute atomic E-state index is 13.4. The van der Waals surface area contributed by atoms with E-state index in [0.717, 1.165) is 5.56 Å². The minimum atomic E-state index is -0.373. The van der Waals surface area contributed by atoms with Gasteiger partial charge in [0, 0.05) is 31.6 Å². The van der Waals surface area contributed by atoms with Crippen LogP contribution < -0.4 is 9.64 Å². The highest BCUT2D eigenvalue weighted by Gasteiger charge is 2.30. The topological polar surface area (TPSA) is 115 Å². The van der Waals surface area contributed by atoms with Crippen LogP contribution in [0.4, 0.5) is 5.69 Å². The van der Waals surface area contributed by atoms with Gasteiger partial charge in [0.2, 0.25) is 17.7 Å². The monoisotopic (exact) mass is 464 g/mol. The lowest BCUT2D eigenvalue weighted by molar-refractivity contribution is -0.141. The minimum absolute atomic E-state index is 0.121. The molecule has 1 aliphatic rings. The predicted molar refractivity (Wildman–Crippen MR) is 120 cm³/mol. The fourth-order valence-electron chi connectivity index (χ4n) is 3.61. The standard InChI is InChI=1S/C24H24N4O6/c1-16-25-26-22(34-16)14-27-13-19-5-3-4-6-21(19)28(15-23(27)30)24(31)18-7-9-20(10-8-18)33-12-11-32-17(2)29/h3-10H,11-15H2,1-2H3. The Bertz CT molecular complexity index is 1190. The maximum Gasteiger partial charge on any atom is 0.302 e. The molecule has 0 saturated heterocycles.